The van der Waals surface area contributed by atoms with Crippen LogP contribution in [0.25, 0.3) is 11.0 Å². The lowest BCUT2D eigenvalue weighted by atomic mass is 9.96. The molecule has 0 aliphatic heterocycles. The van der Waals surface area contributed by atoms with Crippen molar-refractivity contribution in [3.05, 3.63) is 83.2 Å². The predicted octanol–water partition coefficient (Wildman–Crippen LogP) is 5.98. The lowest BCUT2D eigenvalue weighted by Gasteiger charge is -2.17. The van der Waals surface area contributed by atoms with Gasteiger partial charge in [-0.2, -0.15) is 0 Å². The number of methoxy groups -OCH3 is 1. The summed E-state index contributed by atoms with van der Waals surface area (Å²) >= 11 is 0. The molecule has 2 aromatic carbocycles. The number of imidazole rings is 1. The third-order valence-corrected chi connectivity index (χ3v) is 5.76. The molecule has 0 unspecified atom stereocenters. The van der Waals surface area contributed by atoms with Crippen molar-refractivity contribution in [1.82, 2.24) is 9.55 Å². The molecular formula is C26H25F3N2O4. The fourth-order valence-electron chi connectivity index (χ4n) is 3.95. The summed E-state index contributed by atoms with van der Waals surface area (Å²) in [7, 11) is 1.33. The molecule has 1 aliphatic carbocycles. The van der Waals surface area contributed by atoms with E-state index in [0.29, 0.717) is 36.3 Å². The number of esters is 1. The number of carbonyl (C=O) groups is 1. The number of hydrogen-bond acceptors (Lipinski definition) is 5. The van der Waals surface area contributed by atoms with E-state index >= 15 is 0 Å². The molecule has 0 bridgehead atoms. The monoisotopic (exact) mass is 486 g/mol. The Morgan fingerprint density at radius 2 is 1.80 bits per heavy atom. The quantitative estimate of drug-likeness (QED) is 0.349. The van der Waals surface area contributed by atoms with Gasteiger partial charge in [0.1, 0.15) is 18.2 Å². The van der Waals surface area contributed by atoms with Crippen LogP contribution in [-0.2, 0) is 22.6 Å². The number of carbonyl (C=O) groups excluding carboxylic acids is 1. The molecule has 3 aromatic rings. The maximum Gasteiger partial charge on any atom is 0.522 e. The molecule has 1 aliphatic rings. The van der Waals surface area contributed by atoms with Gasteiger partial charge in [0.05, 0.1) is 30.3 Å². The number of fused-ring (bicyclic) bond motifs is 1. The molecule has 0 spiro atoms. The van der Waals surface area contributed by atoms with Gasteiger partial charge in [-0.15, -0.1) is 13.2 Å². The fraction of sp³-hybridized carbons (Fsp3) is 0.308. The molecule has 1 heterocycles. The van der Waals surface area contributed by atoms with Gasteiger partial charge >= 0.3 is 12.3 Å². The first-order chi connectivity index (χ1) is 16.8. The number of aromatic nitrogens is 2. The van der Waals surface area contributed by atoms with E-state index in [2.05, 4.69) is 9.30 Å². The predicted molar refractivity (Wildman–Crippen MR) is 124 cm³/mol. The summed E-state index contributed by atoms with van der Waals surface area (Å²) in [5, 5.41) is 0. The maximum atomic E-state index is 12.3. The summed E-state index contributed by atoms with van der Waals surface area (Å²) in [5.41, 5.74) is 3.99. The Labute approximate surface area is 200 Å². The molecule has 6 nitrogen and oxygen atoms in total. The highest BCUT2D eigenvalue weighted by atomic mass is 19.4. The Morgan fingerprint density at radius 3 is 2.54 bits per heavy atom. The Balaban J connectivity index is 1.45. The van der Waals surface area contributed by atoms with Gasteiger partial charge in [0.25, 0.3) is 0 Å². The van der Waals surface area contributed by atoms with Crippen LogP contribution in [0.2, 0.25) is 0 Å². The normalized spacial score (nSPS) is 13.9. The summed E-state index contributed by atoms with van der Waals surface area (Å²) in [5.74, 6) is 0.826. The highest BCUT2D eigenvalue weighted by molar-refractivity contribution is 5.89. The van der Waals surface area contributed by atoms with E-state index in [1.807, 2.05) is 30.3 Å². The van der Waals surface area contributed by atoms with E-state index in [1.54, 1.807) is 30.3 Å². The number of alkyl halides is 3. The van der Waals surface area contributed by atoms with Gasteiger partial charge in [-0.3, -0.25) is 4.74 Å². The van der Waals surface area contributed by atoms with Crippen molar-refractivity contribution >= 4 is 17.0 Å². The zero-order valence-electron chi connectivity index (χ0n) is 19.2. The average molecular weight is 486 g/mol. The third kappa shape index (κ3) is 6.51. The molecule has 184 valence electrons. The molecule has 35 heavy (non-hydrogen) atoms. The molecule has 0 atom stereocenters. The Kier molecular flexibility index (Phi) is 7.55. The summed E-state index contributed by atoms with van der Waals surface area (Å²) in [6, 6.07) is 14.6. The molecular weight excluding hydrogens is 461 g/mol. The number of hydrogen-bond donors (Lipinski definition) is 0. The number of allylic oxidation sites excluding steroid dienone is 3. The summed E-state index contributed by atoms with van der Waals surface area (Å²) in [6.45, 7) is 0.421. The summed E-state index contributed by atoms with van der Waals surface area (Å²) in [4.78, 5) is 16.5. The lowest BCUT2D eigenvalue weighted by molar-refractivity contribution is -0.320. The average Bonchev–Trinajstić information content (AvgIpc) is 3.22. The summed E-state index contributed by atoms with van der Waals surface area (Å²) < 4.78 is 53.5. The highest BCUT2D eigenvalue weighted by Crippen LogP contribution is 2.26. The fourth-order valence-corrected chi connectivity index (χ4v) is 3.95. The second kappa shape index (κ2) is 10.8. The molecule has 0 fully saturated rings. The van der Waals surface area contributed by atoms with Gasteiger partial charge in [0.2, 0.25) is 0 Å². The van der Waals surface area contributed by atoms with E-state index in [1.165, 1.54) is 7.11 Å². The Morgan fingerprint density at radius 1 is 1.03 bits per heavy atom. The van der Waals surface area contributed by atoms with Crippen LogP contribution in [-0.4, -0.2) is 35.6 Å². The van der Waals surface area contributed by atoms with E-state index < -0.39 is 18.9 Å². The van der Waals surface area contributed by atoms with Crippen molar-refractivity contribution < 1.29 is 32.2 Å². The Bertz CT molecular complexity index is 1260. The number of halogens is 3. The zero-order valence-corrected chi connectivity index (χ0v) is 19.2. The van der Waals surface area contributed by atoms with Gasteiger partial charge in [-0.1, -0.05) is 35.9 Å². The topological polar surface area (TPSA) is 62.6 Å². The van der Waals surface area contributed by atoms with Gasteiger partial charge < -0.3 is 14.0 Å². The molecule has 1 aromatic heterocycles. The third-order valence-electron chi connectivity index (χ3n) is 5.76. The van der Waals surface area contributed by atoms with E-state index in [4.69, 9.17) is 14.5 Å². The van der Waals surface area contributed by atoms with E-state index in [-0.39, 0.29) is 6.61 Å². The molecule has 0 radical (unpaired) electrons. The van der Waals surface area contributed by atoms with Crippen LogP contribution in [0, 0.1) is 0 Å². The van der Waals surface area contributed by atoms with Crippen LogP contribution < -0.4 is 4.74 Å². The molecule has 0 saturated heterocycles. The summed E-state index contributed by atoms with van der Waals surface area (Å²) in [6.07, 6.45) is 0.938. The van der Waals surface area contributed by atoms with E-state index in [9.17, 15) is 18.0 Å². The zero-order chi connectivity index (χ0) is 24.8. The largest absolute Gasteiger partial charge is 0.522 e. The standard InChI is InChI=1S/C26H25F3N2O4/c1-33-25(32)20-5-4-6-21(15-20)34-17-24-30-22-7-2-3-8-23(22)31(24)14-13-18-9-11-19(12-10-18)16-35-26(27,28)29/h2-9,11,15H,10,12-14,16-17H2,1H3. The van der Waals surface area contributed by atoms with Crippen LogP contribution in [0.3, 0.4) is 0 Å². The minimum absolute atomic E-state index is 0.206. The minimum Gasteiger partial charge on any atom is -0.486 e. The van der Waals surface area contributed by atoms with Gasteiger partial charge in [0, 0.05) is 6.54 Å². The van der Waals surface area contributed by atoms with Crippen LogP contribution in [0.15, 0.2) is 71.8 Å². The SMILES string of the molecule is COC(=O)c1cccc(OCc2nc3ccccc3n2CCC2=CC=C(COC(F)(F)F)CC2)c1. The second-order valence-corrected chi connectivity index (χ2v) is 8.11. The first kappa shape index (κ1) is 24.5. The minimum atomic E-state index is -4.62. The van der Waals surface area contributed by atoms with Gasteiger partial charge in [0.15, 0.2) is 0 Å². The second-order valence-electron chi connectivity index (χ2n) is 8.11. The van der Waals surface area contributed by atoms with E-state index in [0.717, 1.165) is 28.9 Å². The Hall–Kier alpha value is -3.59. The first-order valence-corrected chi connectivity index (χ1v) is 11.2. The van der Waals surface area contributed by atoms with Crippen LogP contribution in [0.1, 0.15) is 35.4 Å². The molecule has 0 saturated carbocycles. The van der Waals surface area contributed by atoms with Gasteiger partial charge in [-0.25, -0.2) is 9.78 Å². The number of aryl methyl sites for hydroxylation is 1. The van der Waals surface area contributed by atoms with Crippen LogP contribution in [0.4, 0.5) is 13.2 Å². The number of para-hydroxylation sites is 2. The highest BCUT2D eigenvalue weighted by Gasteiger charge is 2.29. The number of benzene rings is 2. The number of rotatable bonds is 9. The first-order valence-electron chi connectivity index (χ1n) is 11.2. The van der Waals surface area contributed by atoms with Crippen molar-refractivity contribution in [2.75, 3.05) is 13.7 Å². The van der Waals surface area contributed by atoms with Crippen molar-refractivity contribution in [3.63, 3.8) is 0 Å². The van der Waals surface area contributed by atoms with Crippen LogP contribution >= 0.6 is 0 Å². The molecule has 0 amide bonds. The maximum absolute atomic E-state index is 12.3. The molecule has 0 N–H and O–H groups in total. The number of nitrogens with zero attached hydrogens (tertiary/aromatic N) is 2. The molecule has 9 heteroatoms. The molecule has 4 rings (SSSR count). The lowest BCUT2D eigenvalue weighted by Crippen LogP contribution is -2.16. The van der Waals surface area contributed by atoms with Crippen molar-refractivity contribution in [2.45, 2.75) is 38.8 Å². The van der Waals surface area contributed by atoms with Crippen molar-refractivity contribution in [1.29, 1.82) is 0 Å². The van der Waals surface area contributed by atoms with Gasteiger partial charge in [-0.05, 0) is 55.2 Å². The van der Waals surface area contributed by atoms with Crippen molar-refractivity contribution in [3.8, 4) is 5.75 Å². The van der Waals surface area contributed by atoms with Crippen LogP contribution in [0.5, 0.6) is 5.75 Å². The van der Waals surface area contributed by atoms with Crippen molar-refractivity contribution in [2.24, 2.45) is 0 Å². The smallest absolute Gasteiger partial charge is 0.486 e. The number of ether oxygens (including phenoxy) is 3.